The van der Waals surface area contributed by atoms with Crippen LogP contribution in [0.1, 0.15) is 17.5 Å². The number of hydrogen-bond donors (Lipinski definition) is 0. The second-order valence-corrected chi connectivity index (χ2v) is 7.64. The number of benzene rings is 2. The van der Waals surface area contributed by atoms with E-state index in [1.165, 1.54) is 17.3 Å². The van der Waals surface area contributed by atoms with Gasteiger partial charge in [-0.3, -0.25) is 0 Å². The Bertz CT molecular complexity index is 984. The minimum absolute atomic E-state index is 0.180. The zero-order valence-corrected chi connectivity index (χ0v) is 13.2. The molecule has 0 amide bonds. The second-order valence-electron chi connectivity index (χ2n) is 5.75. The van der Waals surface area contributed by atoms with E-state index in [1.807, 2.05) is 12.1 Å². The van der Waals surface area contributed by atoms with Crippen molar-refractivity contribution in [2.45, 2.75) is 24.2 Å². The largest absolute Gasteiger partial charge is 0.314 e. The summed E-state index contributed by atoms with van der Waals surface area (Å²) >= 11 is 0. The molecule has 0 bridgehead atoms. The van der Waals surface area contributed by atoms with Gasteiger partial charge in [0, 0.05) is 11.9 Å². The Labute approximate surface area is 135 Å². The van der Waals surface area contributed by atoms with E-state index in [9.17, 15) is 13.7 Å². The van der Waals surface area contributed by atoms with Gasteiger partial charge >= 0.3 is 0 Å². The maximum absolute atomic E-state index is 12.5. The number of hydrogen-bond acceptors (Lipinski definition) is 4. The van der Waals surface area contributed by atoms with Crippen LogP contribution in [-0.2, 0) is 22.7 Å². The molecule has 23 heavy (non-hydrogen) atoms. The van der Waals surface area contributed by atoms with Gasteiger partial charge in [-0.15, -0.1) is 0 Å². The molecule has 0 aromatic heterocycles. The molecule has 0 fully saturated rings. The number of nitrogens with zero attached hydrogens (tertiary/aromatic N) is 2. The van der Waals surface area contributed by atoms with Crippen LogP contribution in [-0.4, -0.2) is 8.42 Å². The van der Waals surface area contributed by atoms with Gasteiger partial charge in [0.15, 0.2) is 4.91 Å². The summed E-state index contributed by atoms with van der Waals surface area (Å²) in [5.74, 6) is 0. The number of allylic oxidation sites excluding steroid dienone is 1. The van der Waals surface area contributed by atoms with Crippen LogP contribution in [0.3, 0.4) is 0 Å². The lowest BCUT2D eigenvalue weighted by molar-refractivity contribution is 0.602. The van der Waals surface area contributed by atoms with E-state index in [-0.39, 0.29) is 9.80 Å². The molecule has 1 aliphatic carbocycles. The van der Waals surface area contributed by atoms with Crippen LogP contribution in [0, 0.1) is 11.3 Å². The smallest absolute Gasteiger partial charge is 0.220 e. The summed E-state index contributed by atoms with van der Waals surface area (Å²) in [4.78, 5) is 1.75. The zero-order valence-electron chi connectivity index (χ0n) is 12.4. The van der Waals surface area contributed by atoms with Crippen LogP contribution in [0.2, 0.25) is 0 Å². The molecular weight excluding hydrogens is 308 g/mol. The molecule has 4 rings (SSSR count). The van der Waals surface area contributed by atoms with Crippen molar-refractivity contribution in [3.8, 4) is 6.07 Å². The number of fused-ring (bicyclic) bond motifs is 2. The fourth-order valence-electron chi connectivity index (χ4n) is 3.27. The van der Waals surface area contributed by atoms with Crippen molar-refractivity contribution in [3.05, 3.63) is 64.7 Å². The Balaban J connectivity index is 1.93. The molecule has 0 N–H and O–H groups in total. The molecule has 4 nitrogen and oxygen atoms in total. The zero-order chi connectivity index (χ0) is 16.0. The predicted octanol–water partition coefficient (Wildman–Crippen LogP) is 3.47. The van der Waals surface area contributed by atoms with Crippen LogP contribution in [0.25, 0.3) is 0 Å². The predicted molar refractivity (Wildman–Crippen MR) is 87.9 cm³/mol. The summed E-state index contributed by atoms with van der Waals surface area (Å²) in [5, 5.41) is 9.25. The Morgan fingerprint density at radius 2 is 1.83 bits per heavy atom. The van der Waals surface area contributed by atoms with Crippen LogP contribution in [0.4, 0.5) is 11.4 Å². The third-order valence-electron chi connectivity index (χ3n) is 4.42. The molecule has 2 aromatic rings. The van der Waals surface area contributed by atoms with E-state index in [0.29, 0.717) is 5.69 Å². The molecular formula is C18H14N2O2S. The van der Waals surface area contributed by atoms with Crippen molar-refractivity contribution < 1.29 is 8.42 Å². The summed E-state index contributed by atoms with van der Waals surface area (Å²) in [6.45, 7) is 0. The number of aryl methyl sites for hydroxylation is 2. The number of anilines is 2. The van der Waals surface area contributed by atoms with E-state index in [2.05, 4.69) is 12.1 Å². The minimum atomic E-state index is -3.73. The summed E-state index contributed by atoms with van der Waals surface area (Å²) in [6.07, 6.45) is 4.73. The maximum atomic E-state index is 12.5. The summed E-state index contributed by atoms with van der Waals surface area (Å²) in [5.41, 5.74) is 4.14. The quantitative estimate of drug-likeness (QED) is 0.806. The molecule has 0 unspecified atom stereocenters. The Morgan fingerprint density at radius 1 is 1.04 bits per heavy atom. The average molecular weight is 322 g/mol. The van der Waals surface area contributed by atoms with Gasteiger partial charge in [-0.2, -0.15) is 5.26 Å². The Hall–Kier alpha value is -2.58. The summed E-state index contributed by atoms with van der Waals surface area (Å²) in [7, 11) is -3.73. The van der Waals surface area contributed by atoms with Gasteiger partial charge in [-0.25, -0.2) is 8.42 Å². The molecule has 0 atom stereocenters. The van der Waals surface area contributed by atoms with Crippen LogP contribution in [0.5, 0.6) is 0 Å². The second kappa shape index (κ2) is 4.97. The Morgan fingerprint density at radius 3 is 2.65 bits per heavy atom. The van der Waals surface area contributed by atoms with E-state index in [4.69, 9.17) is 0 Å². The molecule has 1 aliphatic heterocycles. The molecule has 1 heterocycles. The summed E-state index contributed by atoms with van der Waals surface area (Å²) < 4.78 is 25.0. The topological polar surface area (TPSA) is 61.2 Å². The highest BCUT2D eigenvalue weighted by atomic mass is 32.2. The highest BCUT2D eigenvalue weighted by Crippen LogP contribution is 2.40. The first-order valence-electron chi connectivity index (χ1n) is 7.48. The third-order valence-corrected chi connectivity index (χ3v) is 6.12. The van der Waals surface area contributed by atoms with E-state index < -0.39 is 9.84 Å². The third kappa shape index (κ3) is 2.07. The lowest BCUT2D eigenvalue weighted by Crippen LogP contribution is -2.21. The van der Waals surface area contributed by atoms with Crippen LogP contribution < -0.4 is 4.90 Å². The Kier molecular flexibility index (Phi) is 3.03. The molecule has 0 saturated heterocycles. The van der Waals surface area contributed by atoms with Gasteiger partial charge in [-0.05, 0) is 54.7 Å². The van der Waals surface area contributed by atoms with Crippen molar-refractivity contribution >= 4 is 21.2 Å². The SMILES string of the molecule is N#CC1=CN(c2ccc3c(c2)CCC3)c2ccccc2S1(=O)=O. The molecule has 0 radical (unpaired) electrons. The number of para-hydroxylation sites is 1. The van der Waals surface area contributed by atoms with Crippen molar-refractivity contribution in [3.63, 3.8) is 0 Å². The van der Waals surface area contributed by atoms with Crippen molar-refractivity contribution in [2.24, 2.45) is 0 Å². The monoisotopic (exact) mass is 322 g/mol. The molecule has 0 saturated carbocycles. The van der Waals surface area contributed by atoms with Crippen molar-refractivity contribution in [1.29, 1.82) is 5.26 Å². The number of sulfone groups is 1. The van der Waals surface area contributed by atoms with Gasteiger partial charge in [0.2, 0.25) is 9.84 Å². The number of nitriles is 1. The highest BCUT2D eigenvalue weighted by Gasteiger charge is 2.31. The van der Waals surface area contributed by atoms with Gasteiger partial charge in [0.25, 0.3) is 0 Å². The van der Waals surface area contributed by atoms with Gasteiger partial charge in [0.05, 0.1) is 10.6 Å². The van der Waals surface area contributed by atoms with Crippen molar-refractivity contribution in [1.82, 2.24) is 0 Å². The first-order valence-corrected chi connectivity index (χ1v) is 8.96. The minimum Gasteiger partial charge on any atom is -0.314 e. The molecule has 114 valence electrons. The fourth-order valence-corrected chi connectivity index (χ4v) is 4.57. The lowest BCUT2D eigenvalue weighted by Gasteiger charge is -2.27. The van der Waals surface area contributed by atoms with E-state index in [1.54, 1.807) is 29.2 Å². The lowest BCUT2D eigenvalue weighted by atomic mass is 10.1. The van der Waals surface area contributed by atoms with Crippen LogP contribution >= 0.6 is 0 Å². The first-order chi connectivity index (χ1) is 11.1. The molecule has 2 aromatic carbocycles. The summed E-state index contributed by atoms with van der Waals surface area (Å²) in [6, 6.07) is 14.8. The molecule has 5 heteroatoms. The standard InChI is InChI=1S/C18H14N2O2S/c19-11-16-12-20(15-9-8-13-4-3-5-14(13)10-15)17-6-1-2-7-18(17)23(16,21)22/h1-2,6-10,12H,3-5H2. The average Bonchev–Trinajstić information content (AvgIpc) is 3.03. The van der Waals surface area contributed by atoms with Gasteiger partial charge in [-0.1, -0.05) is 18.2 Å². The normalized spacial score (nSPS) is 17.9. The highest BCUT2D eigenvalue weighted by molar-refractivity contribution is 7.95. The molecule has 0 spiro atoms. The van der Waals surface area contributed by atoms with Gasteiger partial charge in [0.1, 0.15) is 6.07 Å². The van der Waals surface area contributed by atoms with E-state index >= 15 is 0 Å². The van der Waals surface area contributed by atoms with Crippen LogP contribution in [0.15, 0.2) is 58.5 Å². The fraction of sp³-hybridized carbons (Fsp3) is 0.167. The maximum Gasteiger partial charge on any atom is 0.220 e. The first kappa shape index (κ1) is 14.0. The van der Waals surface area contributed by atoms with E-state index in [0.717, 1.165) is 24.9 Å². The number of rotatable bonds is 1. The molecule has 2 aliphatic rings. The van der Waals surface area contributed by atoms with Crippen molar-refractivity contribution in [2.75, 3.05) is 4.90 Å². The van der Waals surface area contributed by atoms with Gasteiger partial charge < -0.3 is 4.90 Å².